The Hall–Kier alpha value is -4.97. The lowest BCUT2D eigenvalue weighted by molar-refractivity contribution is -0.182. The number of nitrogens with zero attached hydrogens (tertiary/aromatic N) is 4. The molecule has 0 bridgehead atoms. The number of halogens is 3. The number of hydroxylamine groups is 1. The number of alkyl halides is 3. The van der Waals surface area contributed by atoms with Crippen molar-refractivity contribution >= 4 is 27.6 Å². The Bertz CT molecular complexity index is 1950. The van der Waals surface area contributed by atoms with Crippen molar-refractivity contribution in [1.29, 1.82) is 0 Å². The second kappa shape index (κ2) is 11.2. The van der Waals surface area contributed by atoms with Crippen LogP contribution in [0, 0.1) is 0 Å². The molecule has 17 heteroatoms. The number of hydrogen-bond donors (Lipinski definition) is 2. The van der Waals surface area contributed by atoms with Gasteiger partial charge in [-0.1, -0.05) is 12.1 Å². The molecule has 0 saturated carbocycles. The molecule has 6 rings (SSSR count). The molecule has 0 saturated heterocycles. The summed E-state index contributed by atoms with van der Waals surface area (Å²) in [5, 5.41) is 23.4. The number of aromatic nitrogens is 2. The summed E-state index contributed by atoms with van der Waals surface area (Å²) >= 11 is 0. The summed E-state index contributed by atoms with van der Waals surface area (Å²) in [6, 6.07) is 14.3. The SMILES string of the molecule is O=C(OO)c1cccc(S(=O)(=O)N2CCc3c(c(C(F)(F)F)nn3-c3cccc(C(=O)N(O)c4ccc5c(c4)OCO5)c3)C2)c1. The largest absolute Gasteiger partial charge is 0.454 e. The van der Waals surface area contributed by atoms with Crippen LogP contribution in [0.4, 0.5) is 18.9 Å². The molecular formula is C28H21F3N4O9S. The average molecular weight is 647 g/mol. The third kappa shape index (κ3) is 5.46. The molecule has 2 aliphatic rings. The number of sulfonamides is 1. The summed E-state index contributed by atoms with van der Waals surface area (Å²) < 4.78 is 81.7. The molecule has 0 fully saturated rings. The summed E-state index contributed by atoms with van der Waals surface area (Å²) in [4.78, 5) is 28.1. The van der Waals surface area contributed by atoms with Crippen molar-refractivity contribution in [1.82, 2.24) is 14.1 Å². The first-order valence-electron chi connectivity index (χ1n) is 13.1. The van der Waals surface area contributed by atoms with Crippen molar-refractivity contribution in [2.24, 2.45) is 0 Å². The molecule has 3 aromatic carbocycles. The Morgan fingerprint density at radius 2 is 1.71 bits per heavy atom. The predicted molar refractivity (Wildman–Crippen MR) is 146 cm³/mol. The smallest absolute Gasteiger partial charge is 0.435 e. The third-order valence-electron chi connectivity index (χ3n) is 7.21. The zero-order valence-corrected chi connectivity index (χ0v) is 23.6. The molecule has 1 aromatic heterocycles. The maximum atomic E-state index is 14.2. The van der Waals surface area contributed by atoms with E-state index in [1.807, 2.05) is 0 Å². The lowest BCUT2D eigenvalue weighted by Crippen LogP contribution is -2.37. The molecule has 2 N–H and O–H groups in total. The second-order valence-electron chi connectivity index (χ2n) is 9.88. The van der Waals surface area contributed by atoms with Crippen LogP contribution in [0.5, 0.6) is 11.5 Å². The van der Waals surface area contributed by atoms with Gasteiger partial charge in [-0.05, 0) is 48.5 Å². The van der Waals surface area contributed by atoms with Gasteiger partial charge in [0, 0.05) is 36.7 Å². The minimum Gasteiger partial charge on any atom is -0.454 e. The Morgan fingerprint density at radius 3 is 2.47 bits per heavy atom. The van der Waals surface area contributed by atoms with Crippen LogP contribution in [-0.4, -0.2) is 58.2 Å². The van der Waals surface area contributed by atoms with E-state index in [0.717, 1.165) is 21.1 Å². The minimum absolute atomic E-state index is 0.0216. The molecule has 234 valence electrons. The van der Waals surface area contributed by atoms with E-state index in [2.05, 4.69) is 9.99 Å². The van der Waals surface area contributed by atoms with E-state index in [9.17, 15) is 36.4 Å². The van der Waals surface area contributed by atoms with E-state index in [4.69, 9.17) is 14.7 Å². The lowest BCUT2D eigenvalue weighted by atomic mass is 10.1. The molecule has 1 amide bonds. The van der Waals surface area contributed by atoms with Gasteiger partial charge in [0.05, 0.1) is 27.5 Å². The first-order chi connectivity index (χ1) is 21.4. The van der Waals surface area contributed by atoms with E-state index in [-0.39, 0.29) is 53.5 Å². The normalized spacial score (nSPS) is 14.6. The van der Waals surface area contributed by atoms with Gasteiger partial charge >= 0.3 is 12.1 Å². The number of carbonyl (C=O) groups is 2. The highest BCUT2D eigenvalue weighted by atomic mass is 32.2. The van der Waals surface area contributed by atoms with Gasteiger partial charge in [0.15, 0.2) is 17.2 Å². The zero-order valence-electron chi connectivity index (χ0n) is 22.8. The van der Waals surface area contributed by atoms with Crippen LogP contribution in [0.25, 0.3) is 5.69 Å². The Morgan fingerprint density at radius 1 is 0.978 bits per heavy atom. The van der Waals surface area contributed by atoms with E-state index in [1.165, 1.54) is 54.6 Å². The second-order valence-corrected chi connectivity index (χ2v) is 11.8. The standard InChI is InChI=1S/C28H21F3N4O9S/c29-28(30,31)25-21-14-33(45(40,41)20-6-2-4-17(12-20)27(37)44-39)10-9-22(21)34(32-25)18-5-1-3-16(11-18)26(36)35(38)19-7-8-23-24(13-19)43-15-42-23/h1-8,11-13,38-39H,9-10,14-15H2. The van der Waals surface area contributed by atoms with Crippen LogP contribution in [0.3, 0.4) is 0 Å². The van der Waals surface area contributed by atoms with Gasteiger partial charge in [-0.15, -0.1) is 0 Å². The highest BCUT2D eigenvalue weighted by Gasteiger charge is 2.42. The molecular weight excluding hydrogens is 625 g/mol. The highest BCUT2D eigenvalue weighted by molar-refractivity contribution is 7.89. The van der Waals surface area contributed by atoms with Crippen molar-refractivity contribution in [2.45, 2.75) is 24.0 Å². The Labute approximate surface area is 252 Å². The first-order valence-corrected chi connectivity index (χ1v) is 14.5. The van der Waals surface area contributed by atoms with Gasteiger partial charge in [-0.3, -0.25) is 14.9 Å². The molecule has 45 heavy (non-hydrogen) atoms. The molecule has 0 spiro atoms. The summed E-state index contributed by atoms with van der Waals surface area (Å²) in [5.74, 6) is -1.36. The van der Waals surface area contributed by atoms with Gasteiger partial charge in [0.25, 0.3) is 5.91 Å². The topological polar surface area (TPSA) is 161 Å². The van der Waals surface area contributed by atoms with Gasteiger partial charge in [0.1, 0.15) is 0 Å². The van der Waals surface area contributed by atoms with Crippen LogP contribution in [-0.2, 0) is 34.1 Å². The van der Waals surface area contributed by atoms with Crippen molar-refractivity contribution < 1.29 is 56.0 Å². The number of rotatable bonds is 6. The average Bonchev–Trinajstić information content (AvgIpc) is 3.68. The monoisotopic (exact) mass is 646 g/mol. The quantitative estimate of drug-likeness (QED) is 0.178. The fourth-order valence-electron chi connectivity index (χ4n) is 5.05. The molecule has 0 radical (unpaired) electrons. The predicted octanol–water partition coefficient (Wildman–Crippen LogP) is 4.03. The van der Waals surface area contributed by atoms with Crippen molar-refractivity contribution in [3.63, 3.8) is 0 Å². The van der Waals surface area contributed by atoms with Gasteiger partial charge in [-0.25, -0.2) is 17.9 Å². The molecule has 13 nitrogen and oxygen atoms in total. The number of ether oxygens (including phenoxy) is 2. The first kappa shape index (κ1) is 30.1. The van der Waals surface area contributed by atoms with E-state index < -0.39 is 45.2 Å². The number of anilines is 1. The third-order valence-corrected chi connectivity index (χ3v) is 9.05. The van der Waals surface area contributed by atoms with Crippen LogP contribution in [0.15, 0.2) is 71.6 Å². The lowest BCUT2D eigenvalue weighted by Gasteiger charge is -2.27. The van der Waals surface area contributed by atoms with Crippen LogP contribution in [0.2, 0.25) is 0 Å². The highest BCUT2D eigenvalue weighted by Crippen LogP contribution is 2.38. The summed E-state index contributed by atoms with van der Waals surface area (Å²) in [5.41, 5.74) is -1.85. The number of benzene rings is 3. The van der Waals surface area contributed by atoms with Crippen molar-refractivity contribution in [3.8, 4) is 17.2 Å². The fraction of sp³-hybridized carbons (Fsp3) is 0.179. The maximum absolute atomic E-state index is 14.2. The van der Waals surface area contributed by atoms with Crippen LogP contribution >= 0.6 is 0 Å². The van der Waals surface area contributed by atoms with Gasteiger partial charge in [-0.2, -0.15) is 32.9 Å². The molecule has 0 atom stereocenters. The van der Waals surface area contributed by atoms with Crippen LogP contribution in [0.1, 0.15) is 37.7 Å². The number of hydrogen-bond acceptors (Lipinski definition) is 10. The van der Waals surface area contributed by atoms with E-state index in [0.29, 0.717) is 16.6 Å². The van der Waals surface area contributed by atoms with E-state index >= 15 is 0 Å². The molecule has 2 aliphatic heterocycles. The van der Waals surface area contributed by atoms with E-state index in [1.54, 1.807) is 0 Å². The summed E-state index contributed by atoms with van der Waals surface area (Å²) in [6.45, 7) is -0.944. The zero-order chi connectivity index (χ0) is 32.1. The van der Waals surface area contributed by atoms with Gasteiger partial charge in [0.2, 0.25) is 16.8 Å². The molecule has 0 aliphatic carbocycles. The van der Waals surface area contributed by atoms with Crippen molar-refractivity contribution in [2.75, 3.05) is 18.4 Å². The minimum atomic E-state index is -4.96. The maximum Gasteiger partial charge on any atom is 0.435 e. The Kier molecular flexibility index (Phi) is 7.48. The summed E-state index contributed by atoms with van der Waals surface area (Å²) in [6.07, 6.45) is -5.14. The number of carbonyl (C=O) groups excluding carboxylic acids is 2. The van der Waals surface area contributed by atoms with Crippen molar-refractivity contribution in [3.05, 3.63) is 94.8 Å². The molecule has 3 heterocycles. The Balaban J connectivity index is 1.32. The van der Waals surface area contributed by atoms with Crippen LogP contribution < -0.4 is 14.5 Å². The fourth-order valence-corrected chi connectivity index (χ4v) is 6.51. The molecule has 4 aromatic rings. The van der Waals surface area contributed by atoms with Gasteiger partial charge < -0.3 is 9.47 Å². The number of fused-ring (bicyclic) bond motifs is 2. The summed E-state index contributed by atoms with van der Waals surface area (Å²) in [7, 11) is -4.40. The number of amides is 1. The molecule has 0 unspecified atom stereocenters.